The molecule has 1 heterocycles. The van der Waals surface area contributed by atoms with E-state index >= 15 is 0 Å². The quantitative estimate of drug-likeness (QED) is 0.589. The summed E-state index contributed by atoms with van der Waals surface area (Å²) in [4.78, 5) is 9.56. The third kappa shape index (κ3) is 3.92. The van der Waals surface area contributed by atoms with Crippen LogP contribution in [-0.2, 0) is 29.9 Å². The number of sulfone groups is 1. The Morgan fingerprint density at radius 3 is 2.64 bits per heavy atom. The summed E-state index contributed by atoms with van der Waals surface area (Å²) in [5, 5.41) is 18.3. The molecule has 0 saturated heterocycles. The molecule has 0 saturated carbocycles. The fourth-order valence-electron chi connectivity index (χ4n) is 2.31. The van der Waals surface area contributed by atoms with Crippen LogP contribution in [0.5, 0.6) is 0 Å². The predicted molar refractivity (Wildman–Crippen MR) is 86.2 cm³/mol. The van der Waals surface area contributed by atoms with Crippen molar-refractivity contribution in [3.05, 3.63) is 45.8 Å². The Kier molecular flexibility index (Phi) is 5.36. The van der Waals surface area contributed by atoms with Gasteiger partial charge in [-0.2, -0.15) is 13.9 Å². The van der Waals surface area contributed by atoms with E-state index in [0.717, 1.165) is 23.4 Å². The molecule has 0 unspecified atom stereocenters. The topological polar surface area (TPSA) is 107 Å². The van der Waals surface area contributed by atoms with Crippen molar-refractivity contribution in [1.82, 2.24) is 9.78 Å². The lowest BCUT2D eigenvalue weighted by Gasteiger charge is -2.09. The van der Waals surface area contributed by atoms with Gasteiger partial charge in [-0.3, -0.25) is 14.8 Å². The Labute approximate surface area is 142 Å². The Balaban J connectivity index is 2.33. The number of aromatic nitrogens is 2. The van der Waals surface area contributed by atoms with Crippen LogP contribution >= 0.6 is 0 Å². The van der Waals surface area contributed by atoms with E-state index in [1.807, 2.05) is 6.92 Å². The molecule has 0 aliphatic rings. The van der Waals surface area contributed by atoms with E-state index in [1.165, 1.54) is 0 Å². The molecule has 0 aliphatic heterocycles. The van der Waals surface area contributed by atoms with Gasteiger partial charge < -0.3 is 5.32 Å². The van der Waals surface area contributed by atoms with Crippen molar-refractivity contribution in [2.45, 2.75) is 30.5 Å². The number of aryl methyl sites for hydroxylation is 2. The molecule has 0 atom stereocenters. The Morgan fingerprint density at radius 2 is 2.08 bits per heavy atom. The zero-order valence-electron chi connectivity index (χ0n) is 13.4. The first kappa shape index (κ1) is 18.8. The van der Waals surface area contributed by atoms with Gasteiger partial charge in [0.05, 0.1) is 15.5 Å². The Morgan fingerprint density at radius 1 is 1.40 bits per heavy atom. The van der Waals surface area contributed by atoms with Gasteiger partial charge in [0.1, 0.15) is 5.69 Å². The number of hydrogen-bond donors (Lipinski definition) is 1. The average molecular weight is 374 g/mol. The molecule has 2 aromatic rings. The summed E-state index contributed by atoms with van der Waals surface area (Å²) < 4.78 is 49.8. The number of anilines is 1. The highest BCUT2D eigenvalue weighted by molar-refractivity contribution is 7.91. The van der Waals surface area contributed by atoms with E-state index in [9.17, 15) is 27.3 Å². The van der Waals surface area contributed by atoms with Crippen LogP contribution in [0.15, 0.2) is 29.3 Å². The van der Waals surface area contributed by atoms with Gasteiger partial charge in [0.15, 0.2) is 0 Å². The molecule has 0 spiro atoms. The van der Waals surface area contributed by atoms with Gasteiger partial charge in [-0.15, -0.1) is 0 Å². The number of benzene rings is 1. The van der Waals surface area contributed by atoms with Gasteiger partial charge in [0, 0.05) is 31.4 Å². The first-order valence-electron chi connectivity index (χ1n) is 7.22. The zero-order valence-corrected chi connectivity index (χ0v) is 14.3. The molecular formula is C14H16F2N4O4S. The number of alkyl halides is 2. The minimum absolute atomic E-state index is 0.0316. The monoisotopic (exact) mass is 374 g/mol. The number of rotatable bonds is 7. The summed E-state index contributed by atoms with van der Waals surface area (Å²) in [5.74, 6) is -3.64. The normalized spacial score (nSPS) is 11.7. The maximum atomic E-state index is 12.6. The SMILES string of the molecule is CCc1nn(C)cc1CNc1ccc(S(=O)(=O)C(F)F)cc1[N+](=O)[O-]. The van der Waals surface area contributed by atoms with Crippen molar-refractivity contribution >= 4 is 21.2 Å². The molecule has 1 N–H and O–H groups in total. The molecule has 25 heavy (non-hydrogen) atoms. The van der Waals surface area contributed by atoms with Crippen molar-refractivity contribution in [3.63, 3.8) is 0 Å². The third-order valence-corrected chi connectivity index (χ3v) is 4.91. The molecule has 0 aliphatic carbocycles. The van der Waals surface area contributed by atoms with Gasteiger partial charge in [-0.05, 0) is 18.6 Å². The third-order valence-electron chi connectivity index (χ3n) is 3.52. The predicted octanol–water partition coefficient (Wildman–Crippen LogP) is 2.50. The first-order valence-corrected chi connectivity index (χ1v) is 8.77. The van der Waals surface area contributed by atoms with Gasteiger partial charge in [-0.25, -0.2) is 8.42 Å². The van der Waals surface area contributed by atoms with E-state index in [-0.39, 0.29) is 12.2 Å². The fraction of sp³-hybridized carbons (Fsp3) is 0.357. The van der Waals surface area contributed by atoms with Crippen LogP contribution in [-0.4, -0.2) is 28.9 Å². The molecule has 1 aromatic heterocycles. The Hall–Kier alpha value is -2.56. The molecule has 0 fully saturated rings. The number of hydrogen-bond acceptors (Lipinski definition) is 6. The van der Waals surface area contributed by atoms with Crippen molar-refractivity contribution < 1.29 is 22.1 Å². The summed E-state index contributed by atoms with van der Waals surface area (Å²) in [6.45, 7) is 2.14. The minimum Gasteiger partial charge on any atom is -0.375 e. The lowest BCUT2D eigenvalue weighted by molar-refractivity contribution is -0.384. The van der Waals surface area contributed by atoms with Crippen LogP contribution in [0.4, 0.5) is 20.2 Å². The second kappa shape index (κ2) is 7.13. The van der Waals surface area contributed by atoms with Crippen molar-refractivity contribution in [2.75, 3.05) is 5.32 Å². The molecule has 1 aromatic carbocycles. The number of nitrogens with zero attached hydrogens (tertiary/aromatic N) is 3. The van der Waals surface area contributed by atoms with Crippen LogP contribution in [0.1, 0.15) is 18.2 Å². The van der Waals surface area contributed by atoms with Crippen LogP contribution in [0.25, 0.3) is 0 Å². The summed E-state index contributed by atoms with van der Waals surface area (Å²) in [5.41, 5.74) is 1.07. The second-order valence-corrected chi connectivity index (χ2v) is 7.14. The number of nitrogens with one attached hydrogen (secondary N) is 1. The van der Waals surface area contributed by atoms with Gasteiger partial charge in [-0.1, -0.05) is 6.92 Å². The van der Waals surface area contributed by atoms with Crippen molar-refractivity contribution in [2.24, 2.45) is 7.05 Å². The summed E-state index contributed by atoms with van der Waals surface area (Å²) in [6.07, 6.45) is 2.43. The number of nitro benzene ring substituents is 1. The molecule has 0 radical (unpaired) electrons. The summed E-state index contributed by atoms with van der Waals surface area (Å²) in [7, 11) is -3.16. The summed E-state index contributed by atoms with van der Waals surface area (Å²) in [6, 6.07) is 2.66. The second-order valence-electron chi connectivity index (χ2n) is 5.22. The first-order chi connectivity index (χ1) is 11.7. The highest BCUT2D eigenvalue weighted by Gasteiger charge is 2.29. The largest absolute Gasteiger partial charge is 0.375 e. The van der Waals surface area contributed by atoms with Gasteiger partial charge >= 0.3 is 5.76 Å². The van der Waals surface area contributed by atoms with E-state index in [1.54, 1.807) is 17.9 Å². The molecule has 11 heteroatoms. The fourth-order valence-corrected chi connectivity index (χ4v) is 3.05. The molecule has 0 amide bonds. The average Bonchev–Trinajstić information content (AvgIpc) is 2.92. The summed E-state index contributed by atoms with van der Waals surface area (Å²) >= 11 is 0. The van der Waals surface area contributed by atoms with Crippen LogP contribution in [0.3, 0.4) is 0 Å². The van der Waals surface area contributed by atoms with Crippen LogP contribution in [0, 0.1) is 10.1 Å². The molecule has 8 nitrogen and oxygen atoms in total. The van der Waals surface area contributed by atoms with Gasteiger partial charge in [0.25, 0.3) is 5.69 Å². The van der Waals surface area contributed by atoms with E-state index in [2.05, 4.69) is 10.4 Å². The standard InChI is InChI=1S/C14H16F2N4O4S/c1-3-11-9(8-19(2)18-11)7-17-12-5-4-10(6-13(12)20(21)22)25(23,24)14(15)16/h4-6,8,14,17H,3,7H2,1-2H3. The minimum atomic E-state index is -4.90. The highest BCUT2D eigenvalue weighted by Crippen LogP contribution is 2.30. The van der Waals surface area contributed by atoms with E-state index in [0.29, 0.717) is 12.5 Å². The maximum Gasteiger partial charge on any atom is 0.341 e. The van der Waals surface area contributed by atoms with Crippen LogP contribution in [0.2, 0.25) is 0 Å². The zero-order chi connectivity index (χ0) is 18.8. The number of nitro groups is 1. The Bertz CT molecular complexity index is 896. The number of halogens is 2. The highest BCUT2D eigenvalue weighted by atomic mass is 32.2. The van der Waals surface area contributed by atoms with Gasteiger partial charge in [0.2, 0.25) is 9.84 Å². The molecular weight excluding hydrogens is 358 g/mol. The molecule has 0 bridgehead atoms. The maximum absolute atomic E-state index is 12.6. The van der Waals surface area contributed by atoms with Crippen molar-refractivity contribution in [1.29, 1.82) is 0 Å². The lowest BCUT2D eigenvalue weighted by atomic mass is 10.2. The van der Waals surface area contributed by atoms with Crippen LogP contribution < -0.4 is 5.32 Å². The molecule has 136 valence electrons. The van der Waals surface area contributed by atoms with E-state index < -0.39 is 31.1 Å². The smallest absolute Gasteiger partial charge is 0.341 e. The van der Waals surface area contributed by atoms with E-state index in [4.69, 9.17) is 0 Å². The molecule has 2 rings (SSSR count). The van der Waals surface area contributed by atoms with Crippen molar-refractivity contribution in [3.8, 4) is 0 Å². The lowest BCUT2D eigenvalue weighted by Crippen LogP contribution is -2.12.